The molecule has 0 heterocycles. The molecular weight excluding hydrogens is 736 g/mol. The highest BCUT2D eigenvalue weighted by Gasteiger charge is 2.26. The summed E-state index contributed by atoms with van der Waals surface area (Å²) >= 11 is 0. The molecule has 0 spiro atoms. The number of quaternary nitrogens is 2. The molecule has 326 valence electrons. The minimum absolute atomic E-state index is 0.0653. The minimum Gasteiger partial charge on any atom is -0.778 e. The summed E-state index contributed by atoms with van der Waals surface area (Å²) in [5.74, 6) is 0. The van der Waals surface area contributed by atoms with E-state index in [2.05, 4.69) is 64.4 Å². The molecule has 2 unspecified atom stereocenters. The van der Waals surface area contributed by atoms with Crippen molar-refractivity contribution in [3.63, 3.8) is 0 Å². The van der Waals surface area contributed by atoms with Crippen LogP contribution in [0.2, 0.25) is 0 Å². The van der Waals surface area contributed by atoms with Gasteiger partial charge in [0.15, 0.2) is 0 Å². The van der Waals surface area contributed by atoms with Gasteiger partial charge in [0.25, 0.3) is 5.69 Å². The SMILES string of the molecule is CCCC[N+](CCCC)(CCCC)CCCC.CCCC[N+](CCCC)(CCCC)CCCC.COP(=O)([O-])Cc1cc(CP(=O)([O-])OC)cc([N+](=O)[O-])c1. The molecule has 0 aliphatic heterocycles. The van der Waals surface area contributed by atoms with E-state index in [1.807, 2.05) is 0 Å². The Morgan fingerprint density at radius 3 is 0.873 bits per heavy atom. The summed E-state index contributed by atoms with van der Waals surface area (Å²) in [7, 11) is -6.40. The van der Waals surface area contributed by atoms with Crippen molar-refractivity contribution in [2.24, 2.45) is 0 Å². The normalized spacial score (nSPS) is 13.9. The Balaban J connectivity index is 0. The number of nitro benzene ring substituents is 1. The van der Waals surface area contributed by atoms with Gasteiger partial charge in [0.05, 0.1) is 57.3 Å². The van der Waals surface area contributed by atoms with E-state index in [9.17, 15) is 29.0 Å². The molecule has 1 aromatic rings. The summed E-state index contributed by atoms with van der Waals surface area (Å²) in [6, 6.07) is 3.35. The fourth-order valence-corrected chi connectivity index (χ4v) is 8.41. The predicted octanol–water partition coefficient (Wildman–Crippen LogP) is 11.0. The molecule has 0 radical (unpaired) electrons. The Hall–Kier alpha value is -1.16. The van der Waals surface area contributed by atoms with E-state index in [1.165, 1.54) is 170 Å². The van der Waals surface area contributed by atoms with Crippen LogP contribution in [0.1, 0.15) is 169 Å². The van der Waals surface area contributed by atoms with Crippen LogP contribution in [0.15, 0.2) is 18.2 Å². The van der Waals surface area contributed by atoms with Crippen LogP contribution in [0.25, 0.3) is 0 Å². The van der Waals surface area contributed by atoms with Gasteiger partial charge < -0.3 is 36.9 Å². The lowest BCUT2D eigenvalue weighted by Gasteiger charge is -2.39. The van der Waals surface area contributed by atoms with Gasteiger partial charge in [0, 0.05) is 38.7 Å². The monoisotopic (exact) mass is 822 g/mol. The van der Waals surface area contributed by atoms with Gasteiger partial charge in [-0.15, -0.1) is 0 Å². The number of unbranched alkanes of at least 4 members (excludes halogenated alkanes) is 8. The number of rotatable bonds is 31. The van der Waals surface area contributed by atoms with E-state index < -0.39 is 38.1 Å². The van der Waals surface area contributed by atoms with Crippen LogP contribution >= 0.6 is 15.2 Å². The third kappa shape index (κ3) is 27.2. The van der Waals surface area contributed by atoms with Crippen LogP contribution in [0.4, 0.5) is 5.69 Å². The Kier molecular flexibility index (Phi) is 33.3. The van der Waals surface area contributed by atoms with Crippen molar-refractivity contribution in [3.05, 3.63) is 39.4 Å². The zero-order valence-electron chi connectivity index (χ0n) is 37.1. The van der Waals surface area contributed by atoms with E-state index in [0.717, 1.165) is 26.4 Å². The average Bonchev–Trinajstić information content (AvgIpc) is 3.16. The summed E-state index contributed by atoms with van der Waals surface area (Å²) in [4.78, 5) is 32.9. The van der Waals surface area contributed by atoms with Gasteiger partial charge >= 0.3 is 0 Å². The van der Waals surface area contributed by atoms with Crippen LogP contribution in [0.5, 0.6) is 0 Å². The molecule has 0 aliphatic rings. The predicted molar refractivity (Wildman–Crippen MR) is 228 cm³/mol. The first kappa shape index (κ1) is 55.9. The van der Waals surface area contributed by atoms with Gasteiger partial charge in [0.2, 0.25) is 0 Å². The quantitative estimate of drug-likeness (QED) is 0.0312. The Morgan fingerprint density at radius 1 is 0.491 bits per heavy atom. The van der Waals surface area contributed by atoms with E-state index in [1.54, 1.807) is 0 Å². The third-order valence-corrected chi connectivity index (χ3v) is 13.1. The lowest BCUT2D eigenvalue weighted by atomic mass is 10.1. The van der Waals surface area contributed by atoms with E-state index in [4.69, 9.17) is 0 Å². The first-order chi connectivity index (χ1) is 26.1. The van der Waals surface area contributed by atoms with Gasteiger partial charge in [-0.05, 0) is 62.5 Å². The molecule has 55 heavy (non-hydrogen) atoms. The van der Waals surface area contributed by atoms with Gasteiger partial charge in [-0.25, -0.2) is 0 Å². The molecule has 0 saturated carbocycles. The lowest BCUT2D eigenvalue weighted by molar-refractivity contribution is -0.929. The molecule has 0 aromatic heterocycles. The molecular formula is C42H85N3O8P2. The van der Waals surface area contributed by atoms with E-state index in [-0.39, 0.29) is 11.1 Å². The van der Waals surface area contributed by atoms with E-state index >= 15 is 0 Å². The average molecular weight is 822 g/mol. The van der Waals surface area contributed by atoms with Crippen LogP contribution in [-0.2, 0) is 30.5 Å². The molecule has 0 aliphatic carbocycles. The smallest absolute Gasteiger partial charge is 0.270 e. The van der Waals surface area contributed by atoms with Crippen LogP contribution in [0, 0.1) is 10.1 Å². The number of nitrogens with zero attached hydrogens (tertiary/aromatic N) is 3. The van der Waals surface area contributed by atoms with Crippen LogP contribution in [0.3, 0.4) is 0 Å². The van der Waals surface area contributed by atoms with Crippen molar-refractivity contribution < 1.29 is 41.9 Å². The second-order valence-corrected chi connectivity index (χ2v) is 19.3. The minimum atomic E-state index is -4.17. The fourth-order valence-electron chi connectivity index (χ4n) is 6.90. The highest BCUT2D eigenvalue weighted by atomic mass is 31.2. The molecule has 1 rings (SSSR count). The Labute approximate surface area is 338 Å². The second-order valence-electron chi connectivity index (χ2n) is 15.5. The second kappa shape index (κ2) is 32.8. The molecule has 0 N–H and O–H groups in total. The topological polar surface area (TPSA) is 142 Å². The Bertz CT molecular complexity index is 1050. The van der Waals surface area contributed by atoms with Crippen LogP contribution < -0.4 is 9.79 Å². The lowest BCUT2D eigenvalue weighted by Crippen LogP contribution is -2.50. The molecule has 0 fully saturated rings. The highest BCUT2D eigenvalue weighted by Crippen LogP contribution is 2.43. The summed E-state index contributed by atoms with van der Waals surface area (Å²) in [5, 5.41) is 10.8. The van der Waals surface area contributed by atoms with Crippen molar-refractivity contribution in [2.75, 3.05) is 66.6 Å². The number of hydrogen-bond donors (Lipinski definition) is 0. The summed E-state index contributed by atoms with van der Waals surface area (Å²) in [6.07, 6.45) is 21.0. The number of nitro groups is 1. The van der Waals surface area contributed by atoms with Crippen LogP contribution in [-0.4, -0.2) is 80.5 Å². The molecule has 13 heteroatoms. The van der Waals surface area contributed by atoms with Crippen molar-refractivity contribution in [3.8, 4) is 0 Å². The zero-order valence-corrected chi connectivity index (χ0v) is 38.9. The fraction of sp³-hybridized carbons (Fsp3) is 0.857. The number of hydrogen-bond acceptors (Lipinski definition) is 8. The number of non-ortho nitro benzene ring substituents is 1. The third-order valence-electron chi connectivity index (χ3n) is 10.4. The maximum atomic E-state index is 11.4. The first-order valence-corrected chi connectivity index (χ1v) is 25.2. The van der Waals surface area contributed by atoms with Crippen molar-refractivity contribution in [1.29, 1.82) is 0 Å². The summed E-state index contributed by atoms with van der Waals surface area (Å²) in [6.45, 7) is 30.0. The maximum absolute atomic E-state index is 11.4. The van der Waals surface area contributed by atoms with Crippen molar-refractivity contribution >= 4 is 20.9 Å². The van der Waals surface area contributed by atoms with Gasteiger partial charge in [-0.2, -0.15) is 0 Å². The largest absolute Gasteiger partial charge is 0.778 e. The molecule has 1 aromatic carbocycles. The van der Waals surface area contributed by atoms with Gasteiger partial charge in [-0.1, -0.05) is 113 Å². The summed E-state index contributed by atoms with van der Waals surface area (Å²) < 4.78 is 34.2. The molecule has 0 bridgehead atoms. The van der Waals surface area contributed by atoms with Gasteiger partial charge in [-0.3, -0.25) is 10.1 Å². The molecule has 11 nitrogen and oxygen atoms in total. The zero-order chi connectivity index (χ0) is 42.2. The van der Waals surface area contributed by atoms with Gasteiger partial charge in [0.1, 0.15) is 15.2 Å². The summed E-state index contributed by atoms with van der Waals surface area (Å²) in [5.41, 5.74) is -0.277. The molecule has 0 amide bonds. The standard InChI is InChI=1S/2C16H36N.C10H15NO8P2/c2*1-5-9-13-17(14-10-6-2,15-11-7-3)16-12-8-4;1-18-20(14,15)6-8-3-9(7-21(16,17)19-2)5-10(4-8)11(12)13/h2*5-16H2,1-4H3;3-5H,6-7H2,1-2H3,(H,14,15)(H,16,17)/q2*+1;/p-2. The molecule has 0 saturated heterocycles. The van der Waals surface area contributed by atoms with Crippen molar-refractivity contribution in [2.45, 2.75) is 170 Å². The maximum Gasteiger partial charge on any atom is 0.270 e. The van der Waals surface area contributed by atoms with E-state index in [0.29, 0.717) is 0 Å². The first-order valence-electron chi connectivity index (χ1n) is 21.8. The molecule has 2 atom stereocenters. The number of benzene rings is 1. The van der Waals surface area contributed by atoms with Crippen molar-refractivity contribution in [1.82, 2.24) is 0 Å². The Morgan fingerprint density at radius 2 is 0.709 bits per heavy atom. The highest BCUT2D eigenvalue weighted by molar-refractivity contribution is 7.50.